The minimum absolute atomic E-state index is 0.0307. The zero-order chi connectivity index (χ0) is 18.2. The Morgan fingerprint density at radius 3 is 2.00 bits per heavy atom. The van der Waals surface area contributed by atoms with E-state index >= 15 is 0 Å². The van der Waals surface area contributed by atoms with Gasteiger partial charge < -0.3 is 15.5 Å². The molecule has 2 rings (SSSR count). The highest BCUT2D eigenvalue weighted by molar-refractivity contribution is 5.93. The van der Waals surface area contributed by atoms with E-state index in [-0.39, 0.29) is 17.9 Å². The van der Waals surface area contributed by atoms with Gasteiger partial charge in [0, 0.05) is 30.4 Å². The number of nitrogens with zero attached hydrogens (tertiary/aromatic N) is 1. The molecule has 0 radical (unpaired) electrons. The second-order valence-electron chi connectivity index (χ2n) is 6.15. The average Bonchev–Trinajstić information content (AvgIpc) is 2.62. The maximum absolute atomic E-state index is 12.4. The van der Waals surface area contributed by atoms with E-state index in [4.69, 9.17) is 0 Å². The van der Waals surface area contributed by atoms with Gasteiger partial charge in [-0.25, -0.2) is 4.79 Å². The molecule has 0 saturated heterocycles. The number of urea groups is 1. The summed E-state index contributed by atoms with van der Waals surface area (Å²) in [6.45, 7) is 6.81. The van der Waals surface area contributed by atoms with Crippen LogP contribution in [0.2, 0.25) is 0 Å². The first kappa shape index (κ1) is 18.5. The first-order valence-electron chi connectivity index (χ1n) is 8.50. The summed E-state index contributed by atoms with van der Waals surface area (Å²) in [4.78, 5) is 25.9. The molecule has 0 aliphatic carbocycles. The Labute approximate surface area is 149 Å². The van der Waals surface area contributed by atoms with Crippen molar-refractivity contribution in [1.82, 2.24) is 4.90 Å². The smallest absolute Gasteiger partial charge is 0.322 e. The third-order valence-corrected chi connectivity index (χ3v) is 3.81. The zero-order valence-electron chi connectivity index (χ0n) is 15.0. The van der Waals surface area contributed by atoms with Gasteiger partial charge in [-0.05, 0) is 36.8 Å². The molecule has 2 aromatic carbocycles. The lowest BCUT2D eigenvalue weighted by Crippen LogP contribution is -2.34. The van der Waals surface area contributed by atoms with E-state index < -0.39 is 0 Å². The normalized spacial score (nSPS) is 10.4. The van der Waals surface area contributed by atoms with Crippen LogP contribution in [0.5, 0.6) is 0 Å². The van der Waals surface area contributed by atoms with E-state index in [1.54, 1.807) is 29.2 Å². The van der Waals surface area contributed by atoms with Gasteiger partial charge in [0.05, 0.1) is 0 Å². The summed E-state index contributed by atoms with van der Waals surface area (Å²) in [5.74, 6) is -0.104. The van der Waals surface area contributed by atoms with Crippen LogP contribution in [0.1, 0.15) is 26.3 Å². The SMILES string of the molecule is CCN(Cc1ccccc1)C(=O)Nc1ccc(NC(=O)C(C)C)cc1. The van der Waals surface area contributed by atoms with Crippen LogP contribution in [0.3, 0.4) is 0 Å². The second-order valence-corrected chi connectivity index (χ2v) is 6.15. The summed E-state index contributed by atoms with van der Waals surface area (Å²) in [5, 5.41) is 5.72. The molecule has 0 bridgehead atoms. The Hall–Kier alpha value is -2.82. The lowest BCUT2D eigenvalue weighted by molar-refractivity contribution is -0.118. The lowest BCUT2D eigenvalue weighted by Gasteiger charge is -2.21. The van der Waals surface area contributed by atoms with E-state index in [9.17, 15) is 9.59 Å². The standard InChI is InChI=1S/C20H25N3O2/c1-4-23(14-16-8-6-5-7-9-16)20(25)22-18-12-10-17(11-13-18)21-19(24)15(2)3/h5-13,15H,4,14H2,1-3H3,(H,21,24)(H,22,25). The fourth-order valence-electron chi connectivity index (χ4n) is 2.26. The van der Waals surface area contributed by atoms with Crippen LogP contribution in [0, 0.1) is 5.92 Å². The van der Waals surface area contributed by atoms with Gasteiger partial charge in [-0.15, -0.1) is 0 Å². The molecule has 0 aromatic heterocycles. The number of rotatable bonds is 6. The number of hydrogen-bond donors (Lipinski definition) is 2. The zero-order valence-corrected chi connectivity index (χ0v) is 15.0. The monoisotopic (exact) mass is 339 g/mol. The number of amides is 3. The molecule has 0 aliphatic heterocycles. The second kappa shape index (κ2) is 8.87. The fourth-order valence-corrected chi connectivity index (χ4v) is 2.26. The first-order chi connectivity index (χ1) is 12.0. The van der Waals surface area contributed by atoms with Crippen LogP contribution in [0.25, 0.3) is 0 Å². The highest BCUT2D eigenvalue weighted by Gasteiger charge is 2.12. The van der Waals surface area contributed by atoms with Crippen molar-refractivity contribution in [2.75, 3.05) is 17.2 Å². The maximum Gasteiger partial charge on any atom is 0.322 e. The van der Waals surface area contributed by atoms with Gasteiger partial charge in [0.1, 0.15) is 0 Å². The summed E-state index contributed by atoms with van der Waals surface area (Å²) in [6.07, 6.45) is 0. The molecule has 0 heterocycles. The van der Waals surface area contributed by atoms with E-state index in [1.807, 2.05) is 51.1 Å². The predicted molar refractivity (Wildman–Crippen MR) is 101 cm³/mol. The summed E-state index contributed by atoms with van der Waals surface area (Å²) >= 11 is 0. The average molecular weight is 339 g/mol. The van der Waals surface area contributed by atoms with Gasteiger partial charge in [0.25, 0.3) is 0 Å². The summed E-state index contributed by atoms with van der Waals surface area (Å²) in [6, 6.07) is 16.9. The highest BCUT2D eigenvalue weighted by atomic mass is 16.2. The number of nitrogens with one attached hydrogen (secondary N) is 2. The largest absolute Gasteiger partial charge is 0.326 e. The van der Waals surface area contributed by atoms with Gasteiger partial charge in [0.15, 0.2) is 0 Å². The van der Waals surface area contributed by atoms with Crippen molar-refractivity contribution in [2.45, 2.75) is 27.3 Å². The van der Waals surface area contributed by atoms with Crippen LogP contribution >= 0.6 is 0 Å². The summed E-state index contributed by atoms with van der Waals surface area (Å²) in [5.41, 5.74) is 2.50. The van der Waals surface area contributed by atoms with Crippen molar-refractivity contribution in [1.29, 1.82) is 0 Å². The predicted octanol–water partition coefficient (Wildman–Crippen LogP) is 4.34. The van der Waals surface area contributed by atoms with Crippen LogP contribution in [-0.2, 0) is 11.3 Å². The van der Waals surface area contributed by atoms with E-state index in [0.717, 1.165) is 5.56 Å². The number of carbonyl (C=O) groups is 2. The number of hydrogen-bond acceptors (Lipinski definition) is 2. The van der Waals surface area contributed by atoms with Crippen molar-refractivity contribution in [3.05, 3.63) is 60.2 Å². The molecule has 2 aromatic rings. The molecule has 0 atom stereocenters. The van der Waals surface area contributed by atoms with E-state index in [0.29, 0.717) is 24.5 Å². The molecule has 0 aliphatic rings. The molecule has 0 unspecified atom stereocenters. The van der Waals surface area contributed by atoms with Gasteiger partial charge in [-0.1, -0.05) is 44.2 Å². The maximum atomic E-state index is 12.4. The van der Waals surface area contributed by atoms with Gasteiger partial charge in [0.2, 0.25) is 5.91 Å². The molecule has 5 nitrogen and oxygen atoms in total. The number of benzene rings is 2. The molecular weight excluding hydrogens is 314 g/mol. The Kier molecular flexibility index (Phi) is 6.57. The highest BCUT2D eigenvalue weighted by Crippen LogP contribution is 2.15. The quantitative estimate of drug-likeness (QED) is 0.822. The lowest BCUT2D eigenvalue weighted by atomic mass is 10.2. The van der Waals surface area contributed by atoms with Crippen LogP contribution in [-0.4, -0.2) is 23.4 Å². The van der Waals surface area contributed by atoms with Crippen molar-refractivity contribution in [2.24, 2.45) is 5.92 Å². The minimum atomic E-state index is -0.148. The van der Waals surface area contributed by atoms with Crippen LogP contribution < -0.4 is 10.6 Å². The minimum Gasteiger partial charge on any atom is -0.326 e. The Morgan fingerprint density at radius 2 is 1.48 bits per heavy atom. The van der Waals surface area contributed by atoms with Gasteiger partial charge >= 0.3 is 6.03 Å². The molecule has 0 spiro atoms. The molecule has 2 N–H and O–H groups in total. The summed E-state index contributed by atoms with van der Waals surface area (Å²) < 4.78 is 0. The van der Waals surface area contributed by atoms with Crippen LogP contribution in [0.4, 0.5) is 16.2 Å². The first-order valence-corrected chi connectivity index (χ1v) is 8.50. The molecule has 3 amide bonds. The topological polar surface area (TPSA) is 61.4 Å². The summed E-state index contributed by atoms with van der Waals surface area (Å²) in [7, 11) is 0. The number of anilines is 2. The molecule has 132 valence electrons. The van der Waals surface area contributed by atoms with E-state index in [2.05, 4.69) is 10.6 Å². The Balaban J connectivity index is 1.95. The molecular formula is C20H25N3O2. The van der Waals surface area contributed by atoms with Crippen LogP contribution in [0.15, 0.2) is 54.6 Å². The third-order valence-electron chi connectivity index (χ3n) is 3.81. The Morgan fingerprint density at radius 1 is 0.920 bits per heavy atom. The molecule has 5 heteroatoms. The molecule has 25 heavy (non-hydrogen) atoms. The van der Waals surface area contributed by atoms with Crippen molar-refractivity contribution in [3.8, 4) is 0 Å². The van der Waals surface area contributed by atoms with E-state index in [1.165, 1.54) is 0 Å². The molecule has 0 fully saturated rings. The Bertz CT molecular complexity index is 697. The van der Waals surface area contributed by atoms with Crippen molar-refractivity contribution >= 4 is 23.3 Å². The fraction of sp³-hybridized carbons (Fsp3) is 0.300. The molecule has 0 saturated carbocycles. The van der Waals surface area contributed by atoms with Crippen molar-refractivity contribution in [3.63, 3.8) is 0 Å². The third kappa shape index (κ3) is 5.64. The van der Waals surface area contributed by atoms with Crippen molar-refractivity contribution < 1.29 is 9.59 Å². The number of carbonyl (C=O) groups excluding carboxylic acids is 2. The van der Waals surface area contributed by atoms with Gasteiger partial charge in [-0.2, -0.15) is 0 Å². The van der Waals surface area contributed by atoms with Gasteiger partial charge in [-0.3, -0.25) is 4.79 Å².